The average Bonchev–Trinajstić information content (AvgIpc) is 2.81. The molecule has 110 valence electrons. The lowest BCUT2D eigenvalue weighted by molar-refractivity contribution is 0.0741. The number of hydrogen-bond donors (Lipinski definition) is 0. The number of methoxy groups -OCH3 is 1. The smallest absolute Gasteiger partial charge is 0.197 e. The molecule has 0 atom stereocenters. The van der Waals surface area contributed by atoms with Crippen LogP contribution in [-0.2, 0) is 9.47 Å². The Bertz CT molecular complexity index is 619. The quantitative estimate of drug-likeness (QED) is 0.578. The summed E-state index contributed by atoms with van der Waals surface area (Å²) in [6.45, 7) is 4.44. The van der Waals surface area contributed by atoms with Crippen LogP contribution in [-0.4, -0.2) is 40.5 Å². The lowest BCUT2D eigenvalue weighted by Gasteiger charge is -2.17. The Kier molecular flexibility index (Phi) is 5.17. The molecule has 0 aliphatic carbocycles. The van der Waals surface area contributed by atoms with Gasteiger partial charge in [-0.1, -0.05) is 12.2 Å². The van der Waals surface area contributed by atoms with Crippen molar-refractivity contribution in [2.45, 2.75) is 6.92 Å². The number of aryl methyl sites for hydroxylation is 1. The zero-order chi connectivity index (χ0) is 14.5. The highest BCUT2D eigenvalue weighted by Gasteiger charge is 2.11. The second-order valence-corrected chi connectivity index (χ2v) is 4.99. The largest absolute Gasteiger partial charge is 0.459 e. The van der Waals surface area contributed by atoms with Crippen LogP contribution in [0.4, 0.5) is 5.88 Å². The highest BCUT2D eigenvalue weighted by Crippen LogP contribution is 2.27. The fourth-order valence-corrected chi connectivity index (χ4v) is 2.03. The topological polar surface area (TPSA) is 48.0 Å². The van der Waals surface area contributed by atoms with Gasteiger partial charge in [0.15, 0.2) is 17.1 Å². The standard InChI is InChI=1S/C14H19NO4S/c1-10-9-18-14-11(20)8-12(19-13(10)14)15(2)4-5-17-7-6-16-3/h8-9H,4-7H2,1-3H3. The lowest BCUT2D eigenvalue weighted by Crippen LogP contribution is -2.23. The molecule has 0 radical (unpaired) electrons. The third kappa shape index (κ3) is 3.39. The number of ether oxygens (including phenoxy) is 2. The van der Waals surface area contributed by atoms with Crippen LogP contribution in [0.15, 0.2) is 21.2 Å². The van der Waals surface area contributed by atoms with Crippen molar-refractivity contribution in [1.82, 2.24) is 0 Å². The molecule has 5 nitrogen and oxygen atoms in total. The van der Waals surface area contributed by atoms with Gasteiger partial charge in [-0.2, -0.15) is 0 Å². The number of furan rings is 1. The van der Waals surface area contributed by atoms with Gasteiger partial charge in [0.1, 0.15) is 0 Å². The summed E-state index contributed by atoms with van der Waals surface area (Å²) in [7, 11) is 3.59. The molecule has 0 spiro atoms. The molecule has 2 aromatic rings. The SMILES string of the molecule is COCCOCCN(C)c1cc(=S)c2occ(C)c2o1. The number of hydrogen-bond acceptors (Lipinski definition) is 6. The summed E-state index contributed by atoms with van der Waals surface area (Å²) >= 11 is 5.32. The van der Waals surface area contributed by atoms with Crippen molar-refractivity contribution in [1.29, 1.82) is 0 Å². The van der Waals surface area contributed by atoms with E-state index in [0.29, 0.717) is 47.9 Å². The van der Waals surface area contributed by atoms with Gasteiger partial charge in [-0.15, -0.1) is 0 Å². The molecular formula is C14H19NO4S. The van der Waals surface area contributed by atoms with E-state index in [2.05, 4.69) is 0 Å². The minimum absolute atomic E-state index is 0.591. The zero-order valence-corrected chi connectivity index (χ0v) is 12.8. The van der Waals surface area contributed by atoms with Gasteiger partial charge in [-0.25, -0.2) is 0 Å². The molecule has 2 rings (SSSR count). The van der Waals surface area contributed by atoms with Crippen LogP contribution in [0.25, 0.3) is 11.2 Å². The fourth-order valence-electron chi connectivity index (χ4n) is 1.79. The van der Waals surface area contributed by atoms with Crippen molar-refractivity contribution in [3.8, 4) is 0 Å². The van der Waals surface area contributed by atoms with Crippen LogP contribution < -0.4 is 4.90 Å². The Morgan fingerprint density at radius 2 is 2.05 bits per heavy atom. The Morgan fingerprint density at radius 3 is 2.80 bits per heavy atom. The molecule has 0 fully saturated rings. The second kappa shape index (κ2) is 6.88. The summed E-state index contributed by atoms with van der Waals surface area (Å²) in [6.07, 6.45) is 1.65. The molecule has 20 heavy (non-hydrogen) atoms. The van der Waals surface area contributed by atoms with E-state index in [1.165, 1.54) is 0 Å². The van der Waals surface area contributed by atoms with Crippen molar-refractivity contribution < 1.29 is 18.3 Å². The normalized spacial score (nSPS) is 11.2. The van der Waals surface area contributed by atoms with Gasteiger partial charge in [-0.3, -0.25) is 0 Å². The van der Waals surface area contributed by atoms with Gasteiger partial charge in [0.05, 0.1) is 30.6 Å². The summed E-state index contributed by atoms with van der Waals surface area (Å²) in [5.41, 5.74) is 2.28. The first kappa shape index (κ1) is 15.0. The van der Waals surface area contributed by atoms with Crippen LogP contribution in [0.5, 0.6) is 0 Å². The highest BCUT2D eigenvalue weighted by molar-refractivity contribution is 7.71. The average molecular weight is 297 g/mol. The van der Waals surface area contributed by atoms with Gasteiger partial charge < -0.3 is 23.2 Å². The van der Waals surface area contributed by atoms with Crippen LogP contribution in [0, 0.1) is 11.4 Å². The van der Waals surface area contributed by atoms with Gasteiger partial charge in [0.2, 0.25) is 0 Å². The van der Waals surface area contributed by atoms with E-state index < -0.39 is 0 Å². The molecule has 0 amide bonds. The molecule has 0 aromatic carbocycles. The van der Waals surface area contributed by atoms with E-state index in [1.807, 2.05) is 18.9 Å². The van der Waals surface area contributed by atoms with E-state index in [9.17, 15) is 0 Å². The maximum atomic E-state index is 5.84. The van der Waals surface area contributed by atoms with Gasteiger partial charge in [-0.05, 0) is 6.92 Å². The summed E-state index contributed by atoms with van der Waals surface area (Å²) in [5, 5.41) is 0. The Hall–Kier alpha value is -1.37. The van der Waals surface area contributed by atoms with Gasteiger partial charge in [0.25, 0.3) is 0 Å². The number of likely N-dealkylation sites (N-methyl/N-ethyl adjacent to an activating group) is 1. The maximum Gasteiger partial charge on any atom is 0.197 e. The van der Waals surface area contributed by atoms with Crippen LogP contribution in [0.2, 0.25) is 0 Å². The van der Waals surface area contributed by atoms with Crippen molar-refractivity contribution >= 4 is 29.3 Å². The van der Waals surface area contributed by atoms with Crippen molar-refractivity contribution in [2.75, 3.05) is 45.4 Å². The molecular weight excluding hydrogens is 278 g/mol. The Morgan fingerprint density at radius 1 is 1.25 bits per heavy atom. The molecule has 0 bridgehead atoms. The fraction of sp³-hybridized carbons (Fsp3) is 0.500. The molecule has 2 aromatic heterocycles. The minimum atomic E-state index is 0.591. The van der Waals surface area contributed by atoms with E-state index in [-0.39, 0.29) is 0 Å². The van der Waals surface area contributed by atoms with E-state index >= 15 is 0 Å². The highest BCUT2D eigenvalue weighted by atomic mass is 32.1. The molecule has 6 heteroatoms. The van der Waals surface area contributed by atoms with E-state index in [0.717, 1.165) is 5.56 Å². The van der Waals surface area contributed by atoms with Crippen molar-refractivity contribution in [3.05, 3.63) is 22.4 Å². The van der Waals surface area contributed by atoms with E-state index in [4.69, 9.17) is 30.5 Å². The summed E-state index contributed by atoms with van der Waals surface area (Å²) in [4.78, 5) is 1.97. The lowest BCUT2D eigenvalue weighted by atomic mass is 10.3. The molecule has 0 N–H and O–H groups in total. The second-order valence-electron chi connectivity index (χ2n) is 4.55. The van der Waals surface area contributed by atoms with Gasteiger partial charge in [0, 0.05) is 32.3 Å². The van der Waals surface area contributed by atoms with Gasteiger partial charge >= 0.3 is 0 Å². The first-order valence-electron chi connectivity index (χ1n) is 6.43. The third-order valence-electron chi connectivity index (χ3n) is 2.98. The Labute approximate surface area is 123 Å². The first-order valence-corrected chi connectivity index (χ1v) is 6.84. The summed E-state index contributed by atoms with van der Waals surface area (Å²) in [5.74, 6) is 0.711. The van der Waals surface area contributed by atoms with Crippen LogP contribution in [0.3, 0.4) is 0 Å². The third-order valence-corrected chi connectivity index (χ3v) is 3.29. The number of nitrogens with zero attached hydrogens (tertiary/aromatic N) is 1. The molecule has 0 aliphatic rings. The zero-order valence-electron chi connectivity index (χ0n) is 12.0. The maximum absolute atomic E-state index is 5.84. The molecule has 0 unspecified atom stereocenters. The first-order chi connectivity index (χ1) is 9.63. The van der Waals surface area contributed by atoms with E-state index in [1.54, 1.807) is 19.4 Å². The van der Waals surface area contributed by atoms with Crippen molar-refractivity contribution in [3.63, 3.8) is 0 Å². The molecule has 0 saturated carbocycles. The summed E-state index contributed by atoms with van der Waals surface area (Å²) < 4.78 is 22.2. The molecule has 0 aliphatic heterocycles. The number of fused-ring (bicyclic) bond motifs is 1. The monoisotopic (exact) mass is 297 g/mol. The van der Waals surface area contributed by atoms with Crippen molar-refractivity contribution in [2.24, 2.45) is 0 Å². The molecule has 2 heterocycles. The Balaban J connectivity index is 2.04. The minimum Gasteiger partial charge on any atom is -0.459 e. The number of anilines is 1. The predicted octanol–water partition coefficient (Wildman–Crippen LogP) is 3.16. The number of rotatable bonds is 7. The predicted molar refractivity (Wildman–Crippen MR) is 80.0 cm³/mol. The summed E-state index contributed by atoms with van der Waals surface area (Å²) in [6, 6.07) is 1.80. The molecule has 0 saturated heterocycles. The van der Waals surface area contributed by atoms with Crippen LogP contribution in [0.1, 0.15) is 5.56 Å². The van der Waals surface area contributed by atoms with Crippen LogP contribution >= 0.6 is 12.2 Å².